The van der Waals surface area contributed by atoms with Crippen LogP contribution in [0.4, 0.5) is 0 Å². The van der Waals surface area contributed by atoms with Crippen molar-refractivity contribution in [3.05, 3.63) is 29.8 Å². The zero-order valence-corrected chi connectivity index (χ0v) is 17.5. The molecule has 162 valence electrons. The number of carbonyl (C=O) groups is 3. The summed E-state index contributed by atoms with van der Waals surface area (Å²) < 4.78 is 5.38. The van der Waals surface area contributed by atoms with Crippen LogP contribution in [0.1, 0.15) is 50.5 Å². The molecule has 0 aliphatic heterocycles. The second-order valence-electron chi connectivity index (χ2n) is 9.57. The molecule has 0 atom stereocenters. The third kappa shape index (κ3) is 5.12. The summed E-state index contributed by atoms with van der Waals surface area (Å²) in [5.74, 6) is 1.98. The highest BCUT2D eigenvalue weighted by Gasteiger charge is 2.51. The molecule has 4 fully saturated rings. The average Bonchev–Trinajstić information content (AvgIpc) is 2.68. The van der Waals surface area contributed by atoms with Gasteiger partial charge in [-0.2, -0.15) is 0 Å². The fourth-order valence-corrected chi connectivity index (χ4v) is 6.16. The third-order valence-electron chi connectivity index (χ3n) is 6.85. The number of hydrogen-bond acceptors (Lipinski definition) is 4. The summed E-state index contributed by atoms with van der Waals surface area (Å²) in [6.45, 7) is 1.58. The Morgan fingerprint density at radius 2 is 1.60 bits per heavy atom. The van der Waals surface area contributed by atoms with Crippen LogP contribution >= 0.6 is 0 Å². The molecule has 7 heteroatoms. The highest BCUT2D eigenvalue weighted by molar-refractivity contribution is 5.87. The van der Waals surface area contributed by atoms with Crippen molar-refractivity contribution < 1.29 is 19.1 Å². The first-order valence-corrected chi connectivity index (χ1v) is 10.9. The number of aryl methyl sites for hydroxylation is 1. The van der Waals surface area contributed by atoms with Gasteiger partial charge in [0.2, 0.25) is 5.91 Å². The van der Waals surface area contributed by atoms with Crippen molar-refractivity contribution in [2.75, 3.05) is 13.2 Å². The van der Waals surface area contributed by atoms with Gasteiger partial charge in [-0.1, -0.05) is 12.1 Å². The molecule has 7 nitrogen and oxygen atoms in total. The van der Waals surface area contributed by atoms with Crippen LogP contribution in [0, 0.1) is 30.1 Å². The number of hydrogen-bond donors (Lipinski definition) is 3. The Morgan fingerprint density at radius 3 is 2.23 bits per heavy atom. The lowest BCUT2D eigenvalue weighted by atomic mass is 9.49. The molecule has 4 aliphatic rings. The van der Waals surface area contributed by atoms with E-state index in [0.29, 0.717) is 12.2 Å². The summed E-state index contributed by atoms with van der Waals surface area (Å²) in [5.41, 5.74) is 5.80. The van der Waals surface area contributed by atoms with E-state index < -0.39 is 11.8 Å². The van der Waals surface area contributed by atoms with Crippen LogP contribution in [0.25, 0.3) is 0 Å². The summed E-state index contributed by atoms with van der Waals surface area (Å²) in [4.78, 5) is 36.2. The van der Waals surface area contributed by atoms with Gasteiger partial charge in [0, 0.05) is 6.42 Å². The second kappa shape index (κ2) is 8.66. The summed E-state index contributed by atoms with van der Waals surface area (Å²) in [5, 5.41) is 2.71. The van der Waals surface area contributed by atoms with Crippen molar-refractivity contribution >= 4 is 17.7 Å². The number of hydrazine groups is 1. The van der Waals surface area contributed by atoms with Gasteiger partial charge in [0.1, 0.15) is 5.75 Å². The predicted molar refractivity (Wildman–Crippen MR) is 111 cm³/mol. The van der Waals surface area contributed by atoms with Crippen molar-refractivity contribution in [1.29, 1.82) is 0 Å². The maximum Gasteiger partial charge on any atom is 0.276 e. The molecule has 1 aromatic rings. The maximum absolute atomic E-state index is 12.5. The van der Waals surface area contributed by atoms with Crippen LogP contribution in [0.3, 0.4) is 0 Å². The van der Waals surface area contributed by atoms with Crippen LogP contribution in [-0.2, 0) is 14.4 Å². The van der Waals surface area contributed by atoms with Gasteiger partial charge >= 0.3 is 0 Å². The number of rotatable bonds is 7. The molecule has 4 saturated carbocycles. The van der Waals surface area contributed by atoms with Gasteiger partial charge in [-0.3, -0.25) is 25.2 Å². The van der Waals surface area contributed by atoms with Gasteiger partial charge in [-0.15, -0.1) is 0 Å². The van der Waals surface area contributed by atoms with Crippen molar-refractivity contribution in [1.82, 2.24) is 16.2 Å². The second-order valence-corrected chi connectivity index (χ2v) is 9.57. The normalized spacial score (nSPS) is 28.6. The Labute approximate surface area is 177 Å². The minimum absolute atomic E-state index is 0.0683. The van der Waals surface area contributed by atoms with Crippen LogP contribution in [0.2, 0.25) is 0 Å². The highest BCUT2D eigenvalue weighted by atomic mass is 16.5. The Morgan fingerprint density at radius 1 is 0.967 bits per heavy atom. The fraction of sp³-hybridized carbons (Fsp3) is 0.609. The Kier molecular flexibility index (Phi) is 5.97. The van der Waals surface area contributed by atoms with Gasteiger partial charge in [-0.25, -0.2) is 0 Å². The van der Waals surface area contributed by atoms with Crippen LogP contribution < -0.4 is 20.9 Å². The average molecular weight is 414 g/mol. The molecular formula is C23H31N3O4. The first kappa shape index (κ1) is 20.7. The van der Waals surface area contributed by atoms with E-state index in [4.69, 9.17) is 4.74 Å². The van der Waals surface area contributed by atoms with E-state index >= 15 is 0 Å². The van der Waals surface area contributed by atoms with Gasteiger partial charge in [0.25, 0.3) is 11.8 Å². The van der Waals surface area contributed by atoms with Gasteiger partial charge in [-0.05, 0) is 86.3 Å². The van der Waals surface area contributed by atoms with Gasteiger partial charge in [0.15, 0.2) is 6.61 Å². The number of nitrogens with one attached hydrogen (secondary N) is 3. The van der Waals surface area contributed by atoms with E-state index in [-0.39, 0.29) is 24.5 Å². The number of carbonyl (C=O) groups excluding carboxylic acids is 3. The van der Waals surface area contributed by atoms with Crippen LogP contribution in [0.15, 0.2) is 24.3 Å². The SMILES string of the molecule is Cc1cccc(OCC(=O)NNC(=O)CNC(=O)CC23CC4CC(CC(C4)C2)C3)c1. The van der Waals surface area contributed by atoms with Gasteiger partial charge in [0.05, 0.1) is 6.54 Å². The van der Waals surface area contributed by atoms with Crippen molar-refractivity contribution in [2.45, 2.75) is 51.9 Å². The summed E-state index contributed by atoms with van der Waals surface area (Å²) in [6, 6.07) is 7.37. The van der Waals surface area contributed by atoms with Crippen molar-refractivity contribution in [2.24, 2.45) is 23.2 Å². The standard InChI is InChI=1S/C23H31N3O4/c1-15-3-2-4-19(5-15)30-14-22(29)26-25-21(28)13-24-20(27)12-23-9-16-6-17(10-23)8-18(7-16)11-23/h2-5,16-18H,6-14H2,1H3,(H,24,27)(H,25,28)(H,26,29). The molecule has 4 bridgehead atoms. The minimum atomic E-state index is -0.468. The van der Waals surface area contributed by atoms with Gasteiger partial charge < -0.3 is 10.1 Å². The third-order valence-corrected chi connectivity index (χ3v) is 6.85. The molecule has 0 spiro atoms. The van der Waals surface area contributed by atoms with Crippen LogP contribution in [-0.4, -0.2) is 30.9 Å². The molecule has 1 aromatic carbocycles. The molecule has 0 saturated heterocycles. The molecule has 4 aliphatic carbocycles. The first-order chi connectivity index (χ1) is 14.4. The van der Waals surface area contributed by atoms with E-state index in [9.17, 15) is 14.4 Å². The number of ether oxygens (including phenoxy) is 1. The van der Waals surface area contributed by atoms with E-state index in [2.05, 4.69) is 16.2 Å². The first-order valence-electron chi connectivity index (χ1n) is 10.9. The molecule has 5 rings (SSSR count). The zero-order valence-electron chi connectivity index (χ0n) is 17.5. The smallest absolute Gasteiger partial charge is 0.276 e. The quantitative estimate of drug-likeness (QED) is 0.598. The summed E-state index contributed by atoms with van der Waals surface area (Å²) in [6.07, 6.45) is 8.03. The molecule has 0 aromatic heterocycles. The molecule has 3 N–H and O–H groups in total. The van der Waals surface area contributed by atoms with E-state index in [0.717, 1.165) is 42.6 Å². The Bertz CT molecular complexity index is 787. The zero-order chi connectivity index (χ0) is 21.1. The predicted octanol–water partition coefficient (Wildman–Crippen LogP) is 2.24. The maximum atomic E-state index is 12.5. The Balaban J connectivity index is 1.13. The molecule has 0 heterocycles. The summed E-state index contributed by atoms with van der Waals surface area (Å²) in [7, 11) is 0. The summed E-state index contributed by atoms with van der Waals surface area (Å²) >= 11 is 0. The Hall–Kier alpha value is -2.57. The molecule has 0 radical (unpaired) electrons. The van der Waals surface area contributed by atoms with Crippen molar-refractivity contribution in [3.8, 4) is 5.75 Å². The van der Waals surface area contributed by atoms with E-state index in [1.165, 1.54) is 19.3 Å². The highest BCUT2D eigenvalue weighted by Crippen LogP contribution is 2.61. The molecule has 30 heavy (non-hydrogen) atoms. The lowest BCUT2D eigenvalue weighted by Gasteiger charge is -2.56. The topological polar surface area (TPSA) is 96.5 Å². The fourth-order valence-electron chi connectivity index (χ4n) is 6.16. The van der Waals surface area contributed by atoms with E-state index in [1.807, 2.05) is 25.1 Å². The van der Waals surface area contributed by atoms with E-state index in [1.54, 1.807) is 6.07 Å². The monoisotopic (exact) mass is 413 g/mol. The minimum Gasteiger partial charge on any atom is -0.484 e. The largest absolute Gasteiger partial charge is 0.484 e. The van der Waals surface area contributed by atoms with Crippen LogP contribution in [0.5, 0.6) is 5.75 Å². The lowest BCUT2D eigenvalue weighted by molar-refractivity contribution is -0.133. The van der Waals surface area contributed by atoms with Crippen molar-refractivity contribution in [3.63, 3.8) is 0 Å². The molecule has 0 unspecified atom stereocenters. The lowest BCUT2D eigenvalue weighted by Crippen LogP contribution is -2.50. The number of amides is 3. The number of benzene rings is 1. The molecular weight excluding hydrogens is 382 g/mol. The molecule has 3 amide bonds.